The molecule has 0 amide bonds. The summed E-state index contributed by atoms with van der Waals surface area (Å²) in [5, 5.41) is 5.78. The number of halogens is 3. The number of aryl methyl sites for hydroxylation is 2. The Bertz CT molecular complexity index is 642. The van der Waals surface area contributed by atoms with Gasteiger partial charge < -0.3 is 0 Å². The Morgan fingerprint density at radius 2 is 2.14 bits per heavy atom. The summed E-state index contributed by atoms with van der Waals surface area (Å²) in [5.74, 6) is 5.73. The van der Waals surface area contributed by atoms with E-state index >= 15 is 0 Å². The fraction of sp³-hybridized carbons (Fsp3) is 0.357. The number of nitrogens with one attached hydrogen (secondary N) is 1. The van der Waals surface area contributed by atoms with Crippen LogP contribution in [0.2, 0.25) is 10.0 Å². The number of benzene rings is 1. The summed E-state index contributed by atoms with van der Waals surface area (Å²) in [6.45, 7) is 4.70. The number of rotatable bonds is 5. The highest BCUT2D eigenvalue weighted by Crippen LogP contribution is 2.31. The molecule has 0 saturated heterocycles. The van der Waals surface area contributed by atoms with E-state index in [1.165, 1.54) is 0 Å². The van der Waals surface area contributed by atoms with Gasteiger partial charge in [-0.2, -0.15) is 5.10 Å². The Morgan fingerprint density at radius 1 is 1.43 bits per heavy atom. The molecule has 4 nitrogen and oxygen atoms in total. The molecule has 0 bridgehead atoms. The van der Waals surface area contributed by atoms with E-state index in [1.54, 1.807) is 0 Å². The van der Waals surface area contributed by atoms with Gasteiger partial charge in [0.2, 0.25) is 0 Å². The average Bonchev–Trinajstić information content (AvgIpc) is 2.74. The van der Waals surface area contributed by atoms with Crippen LogP contribution in [-0.4, -0.2) is 9.78 Å². The second-order valence-electron chi connectivity index (χ2n) is 4.75. The summed E-state index contributed by atoms with van der Waals surface area (Å²) >= 11 is 16.0. The van der Waals surface area contributed by atoms with Crippen molar-refractivity contribution in [3.8, 4) is 0 Å². The largest absolute Gasteiger partial charge is 0.271 e. The molecule has 1 unspecified atom stereocenters. The van der Waals surface area contributed by atoms with Gasteiger partial charge >= 0.3 is 0 Å². The van der Waals surface area contributed by atoms with E-state index in [0.29, 0.717) is 16.5 Å². The minimum atomic E-state index is -0.114. The molecular weight excluding hydrogens is 375 g/mol. The first kappa shape index (κ1) is 16.8. The lowest BCUT2D eigenvalue weighted by atomic mass is 10.0. The summed E-state index contributed by atoms with van der Waals surface area (Å²) < 4.78 is 2.85. The third-order valence-electron chi connectivity index (χ3n) is 3.38. The average molecular weight is 392 g/mol. The Hall–Kier alpha value is -0.590. The van der Waals surface area contributed by atoms with Crippen LogP contribution in [0.3, 0.4) is 0 Å². The van der Waals surface area contributed by atoms with E-state index in [-0.39, 0.29) is 6.04 Å². The van der Waals surface area contributed by atoms with Crippen molar-refractivity contribution in [1.29, 1.82) is 0 Å². The van der Waals surface area contributed by atoms with E-state index in [0.717, 1.165) is 28.0 Å². The van der Waals surface area contributed by atoms with E-state index in [2.05, 4.69) is 26.5 Å². The van der Waals surface area contributed by atoms with Crippen LogP contribution in [0.4, 0.5) is 0 Å². The van der Waals surface area contributed by atoms with Crippen LogP contribution in [0, 0.1) is 6.92 Å². The lowest BCUT2D eigenvalue weighted by Gasteiger charge is -2.19. The van der Waals surface area contributed by atoms with E-state index < -0.39 is 0 Å². The summed E-state index contributed by atoms with van der Waals surface area (Å²) in [6.07, 6.45) is 0.628. The van der Waals surface area contributed by atoms with Gasteiger partial charge in [0, 0.05) is 22.5 Å². The molecule has 0 aliphatic rings. The normalized spacial score (nSPS) is 12.7. The number of hydrazine groups is 1. The van der Waals surface area contributed by atoms with E-state index in [4.69, 9.17) is 29.0 Å². The molecule has 3 N–H and O–H groups in total. The second kappa shape index (κ2) is 7.11. The molecule has 21 heavy (non-hydrogen) atoms. The zero-order valence-corrected chi connectivity index (χ0v) is 14.9. The summed E-state index contributed by atoms with van der Waals surface area (Å²) in [5.41, 5.74) is 5.62. The summed E-state index contributed by atoms with van der Waals surface area (Å²) in [4.78, 5) is 0. The maximum absolute atomic E-state index is 6.36. The van der Waals surface area contributed by atoms with Crippen LogP contribution < -0.4 is 11.3 Å². The molecule has 0 saturated carbocycles. The maximum Gasteiger partial charge on any atom is 0.0847 e. The fourth-order valence-electron chi connectivity index (χ4n) is 2.30. The Morgan fingerprint density at radius 3 is 2.76 bits per heavy atom. The first-order valence-corrected chi connectivity index (χ1v) is 8.15. The van der Waals surface area contributed by atoms with Crippen LogP contribution in [0.5, 0.6) is 0 Å². The molecule has 1 aromatic heterocycles. The van der Waals surface area contributed by atoms with Gasteiger partial charge in [-0.25, -0.2) is 0 Å². The van der Waals surface area contributed by atoms with E-state index in [9.17, 15) is 0 Å². The standard InChI is InChI=1S/C14H17BrCl2N4/c1-3-21-13(14(17)8(2)20-21)7-12(19-18)10-6-9(16)4-5-11(10)15/h4-6,12,19H,3,7,18H2,1-2H3. The smallest absolute Gasteiger partial charge is 0.0847 e. The summed E-state index contributed by atoms with van der Waals surface area (Å²) in [6, 6.07) is 5.52. The van der Waals surface area contributed by atoms with Crippen molar-refractivity contribution in [3.05, 3.63) is 49.7 Å². The van der Waals surface area contributed by atoms with Crippen LogP contribution in [0.15, 0.2) is 22.7 Å². The number of nitrogens with two attached hydrogens (primary N) is 1. The van der Waals surface area contributed by atoms with Gasteiger partial charge in [0.25, 0.3) is 0 Å². The molecule has 0 spiro atoms. The quantitative estimate of drug-likeness (QED) is 0.597. The zero-order chi connectivity index (χ0) is 15.6. The molecule has 0 aliphatic carbocycles. The maximum atomic E-state index is 6.36. The third kappa shape index (κ3) is 3.60. The SMILES string of the molecule is CCn1nc(C)c(Cl)c1CC(NN)c1cc(Cl)ccc1Br. The Kier molecular flexibility index (Phi) is 5.68. The first-order chi connectivity index (χ1) is 9.97. The van der Waals surface area contributed by atoms with Crippen molar-refractivity contribution in [1.82, 2.24) is 15.2 Å². The lowest BCUT2D eigenvalue weighted by Crippen LogP contribution is -2.30. The minimum Gasteiger partial charge on any atom is -0.271 e. The third-order valence-corrected chi connectivity index (χ3v) is 4.83. The van der Waals surface area contributed by atoms with Crippen molar-refractivity contribution in [2.24, 2.45) is 5.84 Å². The lowest BCUT2D eigenvalue weighted by molar-refractivity contribution is 0.515. The molecule has 2 aromatic rings. The topological polar surface area (TPSA) is 55.9 Å². The van der Waals surface area contributed by atoms with Gasteiger partial charge in [0.15, 0.2) is 0 Å². The number of aromatic nitrogens is 2. The zero-order valence-electron chi connectivity index (χ0n) is 11.8. The molecular formula is C14H17BrCl2N4. The molecule has 0 aliphatic heterocycles. The van der Waals surface area contributed by atoms with Crippen molar-refractivity contribution < 1.29 is 0 Å². The van der Waals surface area contributed by atoms with Crippen LogP contribution >= 0.6 is 39.1 Å². The molecule has 1 aromatic carbocycles. The Labute approximate surface area is 142 Å². The second-order valence-corrected chi connectivity index (χ2v) is 6.42. The highest BCUT2D eigenvalue weighted by molar-refractivity contribution is 9.10. The minimum absolute atomic E-state index is 0.114. The van der Waals surface area contributed by atoms with Gasteiger partial charge in [-0.15, -0.1) is 0 Å². The van der Waals surface area contributed by atoms with E-state index in [1.807, 2.05) is 36.7 Å². The van der Waals surface area contributed by atoms with Crippen LogP contribution in [0.25, 0.3) is 0 Å². The fourth-order valence-corrected chi connectivity index (χ4v) is 3.21. The molecule has 0 fully saturated rings. The first-order valence-electron chi connectivity index (χ1n) is 6.60. The number of hydrogen-bond acceptors (Lipinski definition) is 3. The molecule has 1 heterocycles. The predicted octanol–water partition coefficient (Wildman–Crippen LogP) is 4.03. The van der Waals surface area contributed by atoms with Crippen molar-refractivity contribution in [3.63, 3.8) is 0 Å². The van der Waals surface area contributed by atoms with Gasteiger partial charge in [-0.1, -0.05) is 39.1 Å². The van der Waals surface area contributed by atoms with Gasteiger partial charge in [-0.05, 0) is 37.6 Å². The Balaban J connectivity index is 2.38. The van der Waals surface area contributed by atoms with Crippen molar-refractivity contribution in [2.45, 2.75) is 32.9 Å². The monoisotopic (exact) mass is 390 g/mol. The van der Waals surface area contributed by atoms with Crippen LogP contribution in [0.1, 0.15) is 29.9 Å². The molecule has 0 radical (unpaired) electrons. The van der Waals surface area contributed by atoms with Gasteiger partial charge in [-0.3, -0.25) is 16.0 Å². The molecule has 114 valence electrons. The highest BCUT2D eigenvalue weighted by Gasteiger charge is 2.20. The van der Waals surface area contributed by atoms with Crippen LogP contribution in [-0.2, 0) is 13.0 Å². The molecule has 1 atom stereocenters. The van der Waals surface area contributed by atoms with Crippen molar-refractivity contribution >= 4 is 39.1 Å². The molecule has 2 rings (SSSR count). The summed E-state index contributed by atoms with van der Waals surface area (Å²) in [7, 11) is 0. The van der Waals surface area contributed by atoms with Crippen molar-refractivity contribution in [2.75, 3.05) is 0 Å². The van der Waals surface area contributed by atoms with Gasteiger partial charge in [0.05, 0.1) is 22.5 Å². The van der Waals surface area contributed by atoms with Gasteiger partial charge in [0.1, 0.15) is 0 Å². The highest BCUT2D eigenvalue weighted by atomic mass is 79.9. The number of nitrogens with zero attached hydrogens (tertiary/aromatic N) is 2. The molecule has 7 heteroatoms. The number of hydrogen-bond donors (Lipinski definition) is 2. The predicted molar refractivity (Wildman–Crippen MR) is 90.6 cm³/mol.